The molecule has 7 heteroatoms. The summed E-state index contributed by atoms with van der Waals surface area (Å²) in [5.74, 6) is 0. The lowest BCUT2D eigenvalue weighted by atomic mass is 9.94. The average Bonchev–Trinajstić information content (AvgIpc) is 2.86. The van der Waals surface area contributed by atoms with Gasteiger partial charge in [0, 0.05) is 45.0 Å². The van der Waals surface area contributed by atoms with Gasteiger partial charge in [0.15, 0.2) is 5.60 Å². The van der Waals surface area contributed by atoms with E-state index in [9.17, 15) is 18.3 Å². The molecule has 2 fully saturated rings. The number of hydrogen-bond donors (Lipinski definition) is 1. The second kappa shape index (κ2) is 9.01. The predicted octanol–water partition coefficient (Wildman–Crippen LogP) is 3.50. The van der Waals surface area contributed by atoms with Crippen molar-refractivity contribution in [2.45, 2.75) is 50.9 Å². The maximum Gasteiger partial charge on any atom is 0.417 e. The second-order valence-electron chi connectivity index (χ2n) is 8.12. The fourth-order valence-electron chi connectivity index (χ4n) is 4.34. The number of anilines is 1. The van der Waals surface area contributed by atoms with Crippen molar-refractivity contribution in [3.8, 4) is 0 Å². The van der Waals surface area contributed by atoms with E-state index in [2.05, 4.69) is 33.8 Å². The summed E-state index contributed by atoms with van der Waals surface area (Å²) in [6.45, 7) is 8.84. The van der Waals surface area contributed by atoms with Gasteiger partial charge in [0.2, 0.25) is 0 Å². The van der Waals surface area contributed by atoms with Crippen LogP contribution in [0.3, 0.4) is 0 Å². The molecule has 2 heterocycles. The number of rotatable bonds is 5. The number of piperazine rings is 1. The maximum atomic E-state index is 13.2. The SMILES string of the molecule is CCCN1CCN(c2ccccc2CN2CCCC(O)(C(F)(F)F)CC2)CC1. The summed E-state index contributed by atoms with van der Waals surface area (Å²) in [5, 5.41) is 10.0. The summed E-state index contributed by atoms with van der Waals surface area (Å²) in [5.41, 5.74) is -0.200. The Morgan fingerprint density at radius 1 is 0.964 bits per heavy atom. The number of benzene rings is 1. The van der Waals surface area contributed by atoms with Crippen LogP contribution in [0.5, 0.6) is 0 Å². The van der Waals surface area contributed by atoms with Crippen molar-refractivity contribution in [3.63, 3.8) is 0 Å². The number of aliphatic hydroxyl groups is 1. The van der Waals surface area contributed by atoms with Crippen molar-refractivity contribution in [2.75, 3.05) is 50.7 Å². The van der Waals surface area contributed by atoms with Gasteiger partial charge in [0.05, 0.1) is 0 Å². The molecule has 158 valence electrons. The normalized spacial score (nSPS) is 25.7. The van der Waals surface area contributed by atoms with E-state index in [4.69, 9.17) is 0 Å². The lowest BCUT2D eigenvalue weighted by Crippen LogP contribution is -2.47. The third kappa shape index (κ3) is 4.99. The Kier molecular flexibility index (Phi) is 6.89. The number of nitrogens with zero attached hydrogens (tertiary/aromatic N) is 3. The van der Waals surface area contributed by atoms with E-state index in [1.807, 2.05) is 12.1 Å². The Bertz CT molecular complexity index is 632. The lowest BCUT2D eigenvalue weighted by molar-refractivity contribution is -0.263. The van der Waals surface area contributed by atoms with Crippen LogP contribution in [0.15, 0.2) is 24.3 Å². The van der Waals surface area contributed by atoms with Crippen LogP contribution in [0, 0.1) is 0 Å². The molecule has 28 heavy (non-hydrogen) atoms. The molecule has 4 nitrogen and oxygen atoms in total. The van der Waals surface area contributed by atoms with Gasteiger partial charge < -0.3 is 10.0 Å². The van der Waals surface area contributed by atoms with E-state index in [0.29, 0.717) is 19.5 Å². The minimum absolute atomic E-state index is 0.214. The standard InChI is InChI=1S/C21H32F3N3O/c1-2-10-25-13-15-27(16-14-25)19-7-4-3-6-18(19)17-26-11-5-8-20(28,9-12-26)21(22,23)24/h3-4,6-7,28H,2,5,8-17H2,1H3. The highest BCUT2D eigenvalue weighted by atomic mass is 19.4. The summed E-state index contributed by atoms with van der Waals surface area (Å²) in [6.07, 6.45) is -3.51. The van der Waals surface area contributed by atoms with E-state index >= 15 is 0 Å². The minimum atomic E-state index is -4.56. The Morgan fingerprint density at radius 3 is 2.36 bits per heavy atom. The monoisotopic (exact) mass is 399 g/mol. The van der Waals surface area contributed by atoms with Crippen LogP contribution in [0.4, 0.5) is 18.9 Å². The molecule has 0 amide bonds. The van der Waals surface area contributed by atoms with Gasteiger partial charge in [-0.15, -0.1) is 0 Å². The molecule has 1 atom stereocenters. The van der Waals surface area contributed by atoms with Crippen LogP contribution in [0.2, 0.25) is 0 Å². The highest BCUT2D eigenvalue weighted by Gasteiger charge is 2.53. The summed E-state index contributed by atoms with van der Waals surface area (Å²) in [4.78, 5) is 6.92. The highest BCUT2D eigenvalue weighted by Crippen LogP contribution is 2.38. The summed E-state index contributed by atoms with van der Waals surface area (Å²) in [6, 6.07) is 8.22. The van der Waals surface area contributed by atoms with Gasteiger partial charge in [-0.1, -0.05) is 25.1 Å². The predicted molar refractivity (Wildman–Crippen MR) is 106 cm³/mol. The van der Waals surface area contributed by atoms with Crippen molar-refractivity contribution in [1.82, 2.24) is 9.80 Å². The molecule has 0 aromatic heterocycles. The molecule has 0 spiro atoms. The first-order valence-electron chi connectivity index (χ1n) is 10.4. The topological polar surface area (TPSA) is 30.0 Å². The number of hydrogen-bond acceptors (Lipinski definition) is 4. The molecule has 1 aromatic carbocycles. The lowest BCUT2D eigenvalue weighted by Gasteiger charge is -2.37. The van der Waals surface area contributed by atoms with Crippen LogP contribution in [0.1, 0.15) is 38.2 Å². The largest absolute Gasteiger partial charge is 0.417 e. The fraction of sp³-hybridized carbons (Fsp3) is 0.714. The van der Waals surface area contributed by atoms with Crippen molar-refractivity contribution in [3.05, 3.63) is 29.8 Å². The van der Waals surface area contributed by atoms with Gasteiger partial charge in [-0.3, -0.25) is 9.80 Å². The summed E-state index contributed by atoms with van der Waals surface area (Å²) in [7, 11) is 0. The quantitative estimate of drug-likeness (QED) is 0.821. The maximum absolute atomic E-state index is 13.2. The van der Waals surface area contributed by atoms with Crippen LogP contribution in [0.25, 0.3) is 0 Å². The van der Waals surface area contributed by atoms with Crippen molar-refractivity contribution < 1.29 is 18.3 Å². The van der Waals surface area contributed by atoms with Crippen molar-refractivity contribution >= 4 is 5.69 Å². The molecule has 2 saturated heterocycles. The second-order valence-corrected chi connectivity index (χ2v) is 8.12. The molecular weight excluding hydrogens is 367 g/mol. The van der Waals surface area contributed by atoms with Gasteiger partial charge in [-0.25, -0.2) is 0 Å². The molecule has 1 unspecified atom stereocenters. The van der Waals surface area contributed by atoms with Crippen molar-refractivity contribution in [2.24, 2.45) is 0 Å². The van der Waals surface area contributed by atoms with Gasteiger partial charge in [0.1, 0.15) is 0 Å². The van der Waals surface area contributed by atoms with Crippen molar-refractivity contribution in [1.29, 1.82) is 0 Å². The van der Waals surface area contributed by atoms with Gasteiger partial charge in [0.25, 0.3) is 0 Å². The molecule has 0 radical (unpaired) electrons. The zero-order valence-corrected chi connectivity index (χ0v) is 16.7. The van der Waals surface area contributed by atoms with Gasteiger partial charge in [-0.05, 0) is 50.4 Å². The van der Waals surface area contributed by atoms with Crippen LogP contribution in [-0.2, 0) is 6.54 Å². The number of para-hydroxylation sites is 1. The third-order valence-corrected chi connectivity index (χ3v) is 6.07. The van der Waals surface area contributed by atoms with E-state index in [1.165, 1.54) is 5.69 Å². The molecule has 1 aromatic rings. The fourth-order valence-corrected chi connectivity index (χ4v) is 4.34. The van der Waals surface area contributed by atoms with Gasteiger partial charge >= 0.3 is 6.18 Å². The van der Waals surface area contributed by atoms with Crippen LogP contribution >= 0.6 is 0 Å². The number of likely N-dealkylation sites (tertiary alicyclic amines) is 1. The average molecular weight is 400 g/mol. The summed E-state index contributed by atoms with van der Waals surface area (Å²) < 4.78 is 39.5. The minimum Gasteiger partial charge on any atom is -0.380 e. The highest BCUT2D eigenvalue weighted by molar-refractivity contribution is 5.54. The zero-order chi connectivity index (χ0) is 20.2. The first-order valence-corrected chi connectivity index (χ1v) is 10.4. The first-order chi connectivity index (χ1) is 13.3. The smallest absolute Gasteiger partial charge is 0.380 e. The third-order valence-electron chi connectivity index (χ3n) is 6.07. The Labute approximate surface area is 165 Å². The van der Waals surface area contributed by atoms with Crippen LogP contribution < -0.4 is 4.90 Å². The van der Waals surface area contributed by atoms with Crippen LogP contribution in [-0.4, -0.2) is 72.5 Å². The van der Waals surface area contributed by atoms with E-state index < -0.39 is 11.8 Å². The van der Waals surface area contributed by atoms with E-state index in [0.717, 1.165) is 44.7 Å². The molecule has 3 rings (SSSR count). The Hall–Kier alpha value is -1.31. The Balaban J connectivity index is 1.64. The van der Waals surface area contributed by atoms with E-state index in [-0.39, 0.29) is 19.4 Å². The molecule has 0 aliphatic carbocycles. The molecule has 2 aliphatic heterocycles. The Morgan fingerprint density at radius 2 is 1.68 bits per heavy atom. The molecule has 0 saturated carbocycles. The molecule has 1 N–H and O–H groups in total. The summed E-state index contributed by atoms with van der Waals surface area (Å²) >= 11 is 0. The molecule has 0 bridgehead atoms. The number of halogens is 3. The molecular formula is C21H32F3N3O. The first kappa shape index (κ1) is 21.4. The zero-order valence-electron chi connectivity index (χ0n) is 16.7. The molecule has 2 aliphatic rings. The van der Waals surface area contributed by atoms with Gasteiger partial charge in [-0.2, -0.15) is 13.2 Å². The number of alkyl halides is 3. The van der Waals surface area contributed by atoms with E-state index in [1.54, 1.807) is 0 Å².